The monoisotopic (exact) mass is 248 g/mol. The maximum absolute atomic E-state index is 12.2. The van der Waals surface area contributed by atoms with Crippen LogP contribution in [0.1, 0.15) is 34.4 Å². The molecule has 0 fully saturated rings. The Morgan fingerprint density at radius 3 is 2.71 bits per heavy atom. The van der Waals surface area contributed by atoms with Gasteiger partial charge < -0.3 is 4.42 Å². The maximum atomic E-state index is 12.2. The number of benzene rings is 1. The molecular weight excluding hydrogens is 236 g/mol. The number of hydrogen-bond acceptors (Lipinski definition) is 2. The summed E-state index contributed by atoms with van der Waals surface area (Å²) >= 11 is 5.90. The normalized spacial score (nSPS) is 10.5. The van der Waals surface area contributed by atoms with E-state index in [0.29, 0.717) is 16.3 Å². The molecule has 0 N–H and O–H groups in total. The van der Waals surface area contributed by atoms with Crippen molar-refractivity contribution in [3.05, 3.63) is 58.0 Å². The molecule has 0 amide bonds. The standard InChI is InChI=1S/C14H13ClO2/c1-3-11-6-7-13(17-11)14(16)12-8-10(15)5-4-9(12)2/h4-8H,3H2,1-2H3. The molecule has 3 heteroatoms. The van der Waals surface area contributed by atoms with Crippen LogP contribution in [0.15, 0.2) is 34.7 Å². The summed E-state index contributed by atoms with van der Waals surface area (Å²) in [6.07, 6.45) is 0.780. The van der Waals surface area contributed by atoms with Gasteiger partial charge in [-0.3, -0.25) is 4.79 Å². The molecule has 0 spiro atoms. The van der Waals surface area contributed by atoms with Crippen LogP contribution in [0.2, 0.25) is 5.02 Å². The quantitative estimate of drug-likeness (QED) is 0.768. The van der Waals surface area contributed by atoms with E-state index in [1.165, 1.54) is 0 Å². The first kappa shape index (κ1) is 11.9. The minimum absolute atomic E-state index is 0.121. The number of rotatable bonds is 3. The molecule has 1 aromatic heterocycles. The van der Waals surface area contributed by atoms with Crippen molar-refractivity contribution in [3.63, 3.8) is 0 Å². The molecule has 1 aromatic carbocycles. The number of halogens is 1. The van der Waals surface area contributed by atoms with Gasteiger partial charge in [0.2, 0.25) is 5.78 Å². The highest BCUT2D eigenvalue weighted by molar-refractivity contribution is 6.31. The van der Waals surface area contributed by atoms with Gasteiger partial charge in [-0.05, 0) is 36.8 Å². The van der Waals surface area contributed by atoms with E-state index in [4.69, 9.17) is 16.0 Å². The average molecular weight is 249 g/mol. The van der Waals surface area contributed by atoms with Crippen LogP contribution in [0, 0.1) is 6.92 Å². The van der Waals surface area contributed by atoms with Crippen molar-refractivity contribution in [1.82, 2.24) is 0 Å². The Morgan fingerprint density at radius 1 is 1.29 bits per heavy atom. The second-order valence-corrected chi connectivity index (χ2v) is 4.34. The van der Waals surface area contributed by atoms with Gasteiger partial charge in [-0.1, -0.05) is 24.6 Å². The van der Waals surface area contributed by atoms with Gasteiger partial charge in [-0.25, -0.2) is 0 Å². The van der Waals surface area contributed by atoms with E-state index in [0.717, 1.165) is 17.7 Å². The van der Waals surface area contributed by atoms with Crippen LogP contribution in [-0.4, -0.2) is 5.78 Å². The summed E-state index contributed by atoms with van der Waals surface area (Å²) in [5.74, 6) is 1.06. The number of hydrogen-bond donors (Lipinski definition) is 0. The lowest BCUT2D eigenvalue weighted by Crippen LogP contribution is -2.02. The third-order valence-corrected chi connectivity index (χ3v) is 2.91. The van der Waals surface area contributed by atoms with Gasteiger partial charge in [0, 0.05) is 17.0 Å². The minimum Gasteiger partial charge on any atom is -0.458 e. The van der Waals surface area contributed by atoms with Crippen molar-refractivity contribution in [2.45, 2.75) is 20.3 Å². The summed E-state index contributed by atoms with van der Waals surface area (Å²) in [5, 5.41) is 0.557. The molecule has 2 rings (SSSR count). The number of ketones is 1. The third kappa shape index (κ3) is 2.42. The summed E-state index contributed by atoms with van der Waals surface area (Å²) in [6.45, 7) is 3.87. The van der Waals surface area contributed by atoms with E-state index in [1.807, 2.05) is 26.0 Å². The molecule has 0 unspecified atom stereocenters. The summed E-state index contributed by atoms with van der Waals surface area (Å²) in [4.78, 5) is 12.2. The Morgan fingerprint density at radius 2 is 2.06 bits per heavy atom. The van der Waals surface area contributed by atoms with E-state index in [2.05, 4.69) is 0 Å². The van der Waals surface area contributed by atoms with Crippen LogP contribution in [0.4, 0.5) is 0 Å². The highest BCUT2D eigenvalue weighted by Crippen LogP contribution is 2.20. The molecule has 0 saturated carbocycles. The van der Waals surface area contributed by atoms with Gasteiger partial charge in [0.15, 0.2) is 5.76 Å². The number of carbonyl (C=O) groups excluding carboxylic acids is 1. The predicted octanol–water partition coefficient (Wildman–Crippen LogP) is 4.03. The summed E-state index contributed by atoms with van der Waals surface area (Å²) in [5.41, 5.74) is 1.49. The maximum Gasteiger partial charge on any atom is 0.228 e. The number of aryl methyl sites for hydroxylation is 2. The van der Waals surface area contributed by atoms with Crippen molar-refractivity contribution in [3.8, 4) is 0 Å². The third-order valence-electron chi connectivity index (χ3n) is 2.68. The van der Waals surface area contributed by atoms with Gasteiger partial charge in [-0.2, -0.15) is 0 Å². The van der Waals surface area contributed by atoms with Crippen LogP contribution in [0.25, 0.3) is 0 Å². The van der Waals surface area contributed by atoms with E-state index >= 15 is 0 Å². The number of furan rings is 1. The molecule has 17 heavy (non-hydrogen) atoms. The molecule has 88 valence electrons. The molecule has 0 atom stereocenters. The Labute approximate surface area is 105 Å². The minimum atomic E-state index is -0.121. The SMILES string of the molecule is CCc1ccc(C(=O)c2cc(Cl)ccc2C)o1. The predicted molar refractivity (Wildman–Crippen MR) is 67.7 cm³/mol. The first-order chi connectivity index (χ1) is 8.11. The Balaban J connectivity index is 2.39. The van der Waals surface area contributed by atoms with Crippen LogP contribution in [-0.2, 0) is 6.42 Å². The van der Waals surface area contributed by atoms with Crippen LogP contribution in [0.3, 0.4) is 0 Å². The Bertz CT molecular complexity index is 555. The average Bonchev–Trinajstić information content (AvgIpc) is 2.80. The fourth-order valence-electron chi connectivity index (χ4n) is 1.66. The molecule has 0 aliphatic rings. The van der Waals surface area contributed by atoms with Crippen LogP contribution in [0.5, 0.6) is 0 Å². The lowest BCUT2D eigenvalue weighted by molar-refractivity contribution is 0.101. The second kappa shape index (κ2) is 4.76. The highest BCUT2D eigenvalue weighted by Gasteiger charge is 2.15. The first-order valence-electron chi connectivity index (χ1n) is 5.51. The molecule has 0 radical (unpaired) electrons. The summed E-state index contributed by atoms with van der Waals surface area (Å²) < 4.78 is 5.45. The van der Waals surface area contributed by atoms with E-state index in [9.17, 15) is 4.79 Å². The van der Waals surface area contributed by atoms with Crippen molar-refractivity contribution in [2.75, 3.05) is 0 Å². The van der Waals surface area contributed by atoms with Gasteiger partial charge in [-0.15, -0.1) is 0 Å². The van der Waals surface area contributed by atoms with E-state index in [1.54, 1.807) is 18.2 Å². The largest absolute Gasteiger partial charge is 0.458 e. The van der Waals surface area contributed by atoms with Crippen LogP contribution >= 0.6 is 11.6 Å². The first-order valence-corrected chi connectivity index (χ1v) is 5.89. The molecule has 0 bridgehead atoms. The summed E-state index contributed by atoms with van der Waals surface area (Å²) in [6, 6.07) is 8.81. The molecule has 1 heterocycles. The molecule has 2 aromatic rings. The second-order valence-electron chi connectivity index (χ2n) is 3.91. The zero-order valence-corrected chi connectivity index (χ0v) is 10.5. The summed E-state index contributed by atoms with van der Waals surface area (Å²) in [7, 11) is 0. The lowest BCUT2D eigenvalue weighted by Gasteiger charge is -2.03. The van der Waals surface area contributed by atoms with E-state index < -0.39 is 0 Å². The van der Waals surface area contributed by atoms with Gasteiger partial charge in [0.1, 0.15) is 5.76 Å². The van der Waals surface area contributed by atoms with Gasteiger partial charge >= 0.3 is 0 Å². The lowest BCUT2D eigenvalue weighted by atomic mass is 10.0. The fourth-order valence-corrected chi connectivity index (χ4v) is 1.83. The zero-order chi connectivity index (χ0) is 12.4. The molecule has 0 saturated heterocycles. The zero-order valence-electron chi connectivity index (χ0n) is 9.79. The van der Waals surface area contributed by atoms with Gasteiger partial charge in [0.25, 0.3) is 0 Å². The Hall–Kier alpha value is -1.54. The van der Waals surface area contributed by atoms with E-state index in [-0.39, 0.29) is 5.78 Å². The van der Waals surface area contributed by atoms with Crippen LogP contribution < -0.4 is 0 Å². The Kier molecular flexibility index (Phi) is 3.34. The molecular formula is C14H13ClO2. The highest BCUT2D eigenvalue weighted by atomic mass is 35.5. The molecule has 0 aliphatic carbocycles. The molecule has 0 aliphatic heterocycles. The molecule has 2 nitrogen and oxygen atoms in total. The smallest absolute Gasteiger partial charge is 0.228 e. The van der Waals surface area contributed by atoms with Crippen molar-refractivity contribution < 1.29 is 9.21 Å². The van der Waals surface area contributed by atoms with Crippen molar-refractivity contribution in [2.24, 2.45) is 0 Å². The topological polar surface area (TPSA) is 30.2 Å². The van der Waals surface area contributed by atoms with Crippen molar-refractivity contribution >= 4 is 17.4 Å². The van der Waals surface area contributed by atoms with Crippen molar-refractivity contribution in [1.29, 1.82) is 0 Å². The number of carbonyl (C=O) groups is 1. The fraction of sp³-hybridized carbons (Fsp3) is 0.214. The van der Waals surface area contributed by atoms with Gasteiger partial charge in [0.05, 0.1) is 0 Å².